The third-order valence-electron chi connectivity index (χ3n) is 5.12. The predicted molar refractivity (Wildman–Crippen MR) is 86.7 cm³/mol. The molecular formula is C19H17F2NO3. The Balaban J connectivity index is 1.50. The van der Waals surface area contributed by atoms with E-state index in [-0.39, 0.29) is 18.6 Å². The second-order valence-electron chi connectivity index (χ2n) is 6.64. The fourth-order valence-electron chi connectivity index (χ4n) is 3.48. The normalized spacial score (nSPS) is 23.4. The summed E-state index contributed by atoms with van der Waals surface area (Å²) in [5.41, 5.74) is 0.420. The van der Waals surface area contributed by atoms with Crippen LogP contribution in [0, 0.1) is 17.6 Å². The van der Waals surface area contributed by atoms with Crippen molar-refractivity contribution in [1.29, 1.82) is 0 Å². The molecule has 1 heterocycles. The second-order valence-corrected chi connectivity index (χ2v) is 6.64. The summed E-state index contributed by atoms with van der Waals surface area (Å²) < 4.78 is 37.8. The summed E-state index contributed by atoms with van der Waals surface area (Å²) in [7, 11) is 0. The molecule has 2 aromatic carbocycles. The zero-order chi connectivity index (χ0) is 17.6. The molecule has 2 aromatic rings. The van der Waals surface area contributed by atoms with Crippen LogP contribution in [0.3, 0.4) is 0 Å². The fourth-order valence-corrected chi connectivity index (χ4v) is 3.48. The van der Waals surface area contributed by atoms with Crippen molar-refractivity contribution >= 4 is 5.91 Å². The SMILES string of the molecule is CC1CC1(CNC(=O)c1ccc2c(c1)OCO2)c1ccc(F)cc1F. The molecule has 6 heteroatoms. The monoisotopic (exact) mass is 345 g/mol. The number of ether oxygens (including phenoxy) is 2. The van der Waals surface area contributed by atoms with E-state index < -0.39 is 17.0 Å². The van der Waals surface area contributed by atoms with Crippen molar-refractivity contribution in [2.75, 3.05) is 13.3 Å². The number of benzene rings is 2. The number of amides is 1. The molecule has 2 aliphatic rings. The molecule has 0 radical (unpaired) electrons. The average Bonchev–Trinajstić information content (AvgIpc) is 3.03. The van der Waals surface area contributed by atoms with E-state index in [1.807, 2.05) is 6.92 Å². The fraction of sp³-hybridized carbons (Fsp3) is 0.316. The molecule has 0 spiro atoms. The smallest absolute Gasteiger partial charge is 0.251 e. The van der Waals surface area contributed by atoms with Crippen molar-refractivity contribution in [2.45, 2.75) is 18.8 Å². The lowest BCUT2D eigenvalue weighted by molar-refractivity contribution is 0.0948. The Labute approximate surface area is 143 Å². The van der Waals surface area contributed by atoms with Gasteiger partial charge in [-0.15, -0.1) is 0 Å². The first kappa shape index (κ1) is 15.9. The topological polar surface area (TPSA) is 47.6 Å². The molecule has 1 aliphatic carbocycles. The van der Waals surface area contributed by atoms with Crippen molar-refractivity contribution in [1.82, 2.24) is 5.32 Å². The molecule has 0 bridgehead atoms. The first-order valence-electron chi connectivity index (χ1n) is 8.13. The van der Waals surface area contributed by atoms with Crippen LogP contribution in [0.4, 0.5) is 8.78 Å². The van der Waals surface area contributed by atoms with E-state index in [1.165, 1.54) is 12.1 Å². The van der Waals surface area contributed by atoms with Crippen LogP contribution in [0.2, 0.25) is 0 Å². The van der Waals surface area contributed by atoms with Crippen molar-refractivity contribution in [3.05, 3.63) is 59.2 Å². The second kappa shape index (κ2) is 5.72. The molecule has 130 valence electrons. The number of carbonyl (C=O) groups is 1. The van der Waals surface area contributed by atoms with E-state index in [4.69, 9.17) is 9.47 Å². The van der Waals surface area contributed by atoms with Gasteiger partial charge in [0.05, 0.1) is 0 Å². The lowest BCUT2D eigenvalue weighted by Crippen LogP contribution is -2.33. The van der Waals surface area contributed by atoms with E-state index in [0.717, 1.165) is 12.5 Å². The van der Waals surface area contributed by atoms with Gasteiger partial charge in [-0.1, -0.05) is 13.0 Å². The summed E-state index contributed by atoms with van der Waals surface area (Å²) in [6.07, 6.45) is 0.747. The van der Waals surface area contributed by atoms with Gasteiger partial charge in [0, 0.05) is 23.6 Å². The highest BCUT2D eigenvalue weighted by Crippen LogP contribution is 2.54. The lowest BCUT2D eigenvalue weighted by Gasteiger charge is -2.19. The van der Waals surface area contributed by atoms with Crippen molar-refractivity contribution in [3.8, 4) is 11.5 Å². The molecule has 1 saturated carbocycles. The van der Waals surface area contributed by atoms with Crippen LogP contribution >= 0.6 is 0 Å². The Morgan fingerprint density at radius 3 is 2.68 bits per heavy atom. The highest BCUT2D eigenvalue weighted by atomic mass is 19.1. The maximum Gasteiger partial charge on any atom is 0.251 e. The van der Waals surface area contributed by atoms with Crippen LogP contribution < -0.4 is 14.8 Å². The molecule has 25 heavy (non-hydrogen) atoms. The summed E-state index contributed by atoms with van der Waals surface area (Å²) >= 11 is 0. The zero-order valence-corrected chi connectivity index (χ0v) is 13.6. The predicted octanol–water partition coefficient (Wildman–Crippen LogP) is 3.40. The van der Waals surface area contributed by atoms with Gasteiger partial charge in [0.1, 0.15) is 11.6 Å². The van der Waals surface area contributed by atoms with Crippen LogP contribution in [-0.2, 0) is 5.41 Å². The highest BCUT2D eigenvalue weighted by molar-refractivity contribution is 5.95. The Hall–Kier alpha value is -2.63. The Morgan fingerprint density at radius 1 is 1.20 bits per heavy atom. The van der Waals surface area contributed by atoms with Gasteiger partial charge in [0.25, 0.3) is 5.91 Å². The molecule has 4 rings (SSSR count). The van der Waals surface area contributed by atoms with E-state index in [1.54, 1.807) is 18.2 Å². The maximum atomic E-state index is 14.2. The zero-order valence-electron chi connectivity index (χ0n) is 13.6. The molecule has 2 unspecified atom stereocenters. The lowest BCUT2D eigenvalue weighted by atomic mass is 9.92. The van der Waals surface area contributed by atoms with Gasteiger partial charge in [-0.25, -0.2) is 8.78 Å². The number of hydrogen-bond donors (Lipinski definition) is 1. The van der Waals surface area contributed by atoms with E-state index in [9.17, 15) is 13.6 Å². The van der Waals surface area contributed by atoms with Crippen LogP contribution in [-0.4, -0.2) is 19.2 Å². The quantitative estimate of drug-likeness (QED) is 0.924. The van der Waals surface area contributed by atoms with Gasteiger partial charge in [-0.3, -0.25) is 4.79 Å². The first-order valence-corrected chi connectivity index (χ1v) is 8.13. The van der Waals surface area contributed by atoms with Crippen LogP contribution in [0.25, 0.3) is 0 Å². The third-order valence-corrected chi connectivity index (χ3v) is 5.12. The number of rotatable bonds is 4. The number of carbonyl (C=O) groups excluding carboxylic acids is 1. The summed E-state index contributed by atoms with van der Waals surface area (Å²) in [4.78, 5) is 12.4. The van der Waals surface area contributed by atoms with Gasteiger partial charge in [0.2, 0.25) is 6.79 Å². The number of hydrogen-bond acceptors (Lipinski definition) is 3. The minimum Gasteiger partial charge on any atom is -0.454 e. The van der Waals surface area contributed by atoms with Crippen LogP contribution in [0.15, 0.2) is 36.4 Å². The largest absolute Gasteiger partial charge is 0.454 e. The molecular weight excluding hydrogens is 328 g/mol. The van der Waals surface area contributed by atoms with Gasteiger partial charge in [-0.05, 0) is 42.2 Å². The van der Waals surface area contributed by atoms with Crippen molar-refractivity contribution < 1.29 is 23.0 Å². The molecule has 1 amide bonds. The summed E-state index contributed by atoms with van der Waals surface area (Å²) in [6, 6.07) is 8.59. The molecule has 1 N–H and O–H groups in total. The van der Waals surface area contributed by atoms with E-state index >= 15 is 0 Å². The molecule has 4 nitrogen and oxygen atoms in total. The minimum absolute atomic E-state index is 0.144. The molecule has 0 aromatic heterocycles. The summed E-state index contributed by atoms with van der Waals surface area (Å²) in [5.74, 6) is -0.0801. The van der Waals surface area contributed by atoms with E-state index in [0.29, 0.717) is 29.2 Å². The molecule has 2 atom stereocenters. The Bertz CT molecular complexity index is 855. The van der Waals surface area contributed by atoms with Gasteiger partial charge >= 0.3 is 0 Å². The number of halogens is 2. The first-order chi connectivity index (χ1) is 12.0. The minimum atomic E-state index is -0.603. The number of nitrogens with one attached hydrogen (secondary N) is 1. The number of fused-ring (bicyclic) bond motifs is 1. The van der Waals surface area contributed by atoms with Gasteiger partial charge in [-0.2, -0.15) is 0 Å². The average molecular weight is 345 g/mol. The maximum absolute atomic E-state index is 14.2. The Kier molecular flexibility index (Phi) is 3.63. The standard InChI is InChI=1S/C19H17F2NO3/c1-11-8-19(11,14-4-3-13(20)7-15(14)21)9-22-18(23)12-2-5-16-17(6-12)25-10-24-16/h2-7,11H,8-10H2,1H3,(H,22,23). The van der Waals surface area contributed by atoms with Gasteiger partial charge in [0.15, 0.2) is 11.5 Å². The summed E-state index contributed by atoms with van der Waals surface area (Å²) in [6.45, 7) is 2.43. The molecule has 0 saturated heterocycles. The van der Waals surface area contributed by atoms with Crippen LogP contribution in [0.5, 0.6) is 11.5 Å². The molecule has 1 aliphatic heterocycles. The van der Waals surface area contributed by atoms with E-state index in [2.05, 4.69) is 5.32 Å². The van der Waals surface area contributed by atoms with Crippen molar-refractivity contribution in [3.63, 3.8) is 0 Å². The van der Waals surface area contributed by atoms with Crippen LogP contribution in [0.1, 0.15) is 29.3 Å². The molecule has 1 fully saturated rings. The Morgan fingerprint density at radius 2 is 1.96 bits per heavy atom. The van der Waals surface area contributed by atoms with Crippen molar-refractivity contribution in [2.24, 2.45) is 5.92 Å². The summed E-state index contributed by atoms with van der Waals surface area (Å²) in [5, 5.41) is 2.87. The van der Waals surface area contributed by atoms with Gasteiger partial charge < -0.3 is 14.8 Å². The third kappa shape index (κ3) is 2.71. The highest BCUT2D eigenvalue weighted by Gasteiger charge is 2.53.